The van der Waals surface area contributed by atoms with Gasteiger partial charge in [-0.15, -0.1) is 24.0 Å². The summed E-state index contributed by atoms with van der Waals surface area (Å²) in [5, 5.41) is 7.01. The lowest BCUT2D eigenvalue weighted by molar-refractivity contribution is 0.128. The molecule has 2 N–H and O–H groups in total. The van der Waals surface area contributed by atoms with Crippen molar-refractivity contribution in [1.82, 2.24) is 15.5 Å². The first kappa shape index (κ1) is 24.2. The molecule has 29 heavy (non-hydrogen) atoms. The zero-order chi connectivity index (χ0) is 19.6. The van der Waals surface area contributed by atoms with E-state index in [9.17, 15) is 0 Å². The molecular formula is C22H37IN4O2. The highest BCUT2D eigenvalue weighted by Gasteiger charge is 2.22. The largest absolute Gasteiger partial charge is 0.493 e. The summed E-state index contributed by atoms with van der Waals surface area (Å²) < 4.78 is 11.2. The molecule has 1 aromatic rings. The molecule has 6 nitrogen and oxygen atoms in total. The molecule has 7 heteroatoms. The fraction of sp³-hybridized carbons (Fsp3) is 0.682. The predicted molar refractivity (Wildman–Crippen MR) is 129 cm³/mol. The van der Waals surface area contributed by atoms with Crippen LogP contribution in [0.1, 0.15) is 38.2 Å². The summed E-state index contributed by atoms with van der Waals surface area (Å²) in [6, 6.07) is 8.74. The topological polar surface area (TPSA) is 58.1 Å². The van der Waals surface area contributed by atoms with Crippen molar-refractivity contribution < 1.29 is 9.47 Å². The molecule has 0 aromatic heterocycles. The minimum Gasteiger partial charge on any atom is -0.493 e. The van der Waals surface area contributed by atoms with Crippen LogP contribution in [0.2, 0.25) is 0 Å². The van der Waals surface area contributed by atoms with Gasteiger partial charge in [-0.3, -0.25) is 0 Å². The van der Waals surface area contributed by atoms with Gasteiger partial charge in [0, 0.05) is 44.9 Å². The zero-order valence-corrected chi connectivity index (χ0v) is 20.2. The predicted octanol–water partition coefficient (Wildman–Crippen LogP) is 3.26. The van der Waals surface area contributed by atoms with Gasteiger partial charge in [0.05, 0.1) is 19.8 Å². The van der Waals surface area contributed by atoms with Crippen LogP contribution in [-0.4, -0.2) is 63.4 Å². The van der Waals surface area contributed by atoms with Gasteiger partial charge < -0.3 is 25.0 Å². The molecule has 2 fully saturated rings. The van der Waals surface area contributed by atoms with Gasteiger partial charge in [-0.25, -0.2) is 4.99 Å². The molecule has 1 aliphatic carbocycles. The second-order valence-electron chi connectivity index (χ2n) is 7.81. The van der Waals surface area contributed by atoms with Crippen molar-refractivity contribution in [1.29, 1.82) is 0 Å². The summed E-state index contributed by atoms with van der Waals surface area (Å²) in [5.41, 5.74) is 1.15. The number of likely N-dealkylation sites (tertiary alicyclic amines) is 1. The third kappa shape index (κ3) is 8.68. The van der Waals surface area contributed by atoms with Gasteiger partial charge in [-0.05, 0) is 44.6 Å². The molecular weight excluding hydrogens is 479 g/mol. The molecule has 0 bridgehead atoms. The van der Waals surface area contributed by atoms with Crippen LogP contribution in [-0.2, 0) is 11.3 Å². The first-order chi connectivity index (χ1) is 13.8. The van der Waals surface area contributed by atoms with Crippen LogP contribution in [0.5, 0.6) is 5.75 Å². The highest BCUT2D eigenvalue weighted by molar-refractivity contribution is 14.0. The van der Waals surface area contributed by atoms with Crippen molar-refractivity contribution in [3.63, 3.8) is 0 Å². The molecule has 2 aliphatic rings. The SMILES string of the molecule is CCNC(=NCc1ccccc1OCC1CC1)NC1CCN(CCOC)CC1.I. The molecule has 0 radical (unpaired) electrons. The molecule has 3 rings (SSSR count). The number of benzene rings is 1. The minimum absolute atomic E-state index is 0. The van der Waals surface area contributed by atoms with Gasteiger partial charge in [-0.1, -0.05) is 18.2 Å². The van der Waals surface area contributed by atoms with Gasteiger partial charge >= 0.3 is 0 Å². The second-order valence-corrected chi connectivity index (χ2v) is 7.81. The Labute approximate surface area is 192 Å². The normalized spacial score (nSPS) is 18.2. The van der Waals surface area contributed by atoms with Crippen LogP contribution in [0.25, 0.3) is 0 Å². The number of piperidine rings is 1. The first-order valence-electron chi connectivity index (χ1n) is 10.7. The highest BCUT2D eigenvalue weighted by atomic mass is 127. The van der Waals surface area contributed by atoms with E-state index in [0.717, 1.165) is 75.4 Å². The van der Waals surface area contributed by atoms with Gasteiger partial charge in [0.15, 0.2) is 5.96 Å². The van der Waals surface area contributed by atoms with E-state index in [1.54, 1.807) is 7.11 Å². The number of ether oxygens (including phenoxy) is 2. The summed E-state index contributed by atoms with van der Waals surface area (Å²) in [4.78, 5) is 7.30. The number of aliphatic imine (C=N–C) groups is 1. The average molecular weight is 516 g/mol. The van der Waals surface area contributed by atoms with Crippen molar-refractivity contribution in [3.05, 3.63) is 29.8 Å². The van der Waals surface area contributed by atoms with Gasteiger partial charge in [0.25, 0.3) is 0 Å². The molecule has 1 saturated heterocycles. The first-order valence-corrected chi connectivity index (χ1v) is 10.7. The Hall–Kier alpha value is -1.06. The van der Waals surface area contributed by atoms with E-state index in [4.69, 9.17) is 14.5 Å². The van der Waals surface area contributed by atoms with Crippen molar-refractivity contribution >= 4 is 29.9 Å². The molecule has 0 spiro atoms. The lowest BCUT2D eigenvalue weighted by Crippen LogP contribution is -2.49. The number of para-hydroxylation sites is 1. The smallest absolute Gasteiger partial charge is 0.191 e. The number of hydrogen-bond donors (Lipinski definition) is 2. The van der Waals surface area contributed by atoms with Gasteiger partial charge in [0.2, 0.25) is 0 Å². The van der Waals surface area contributed by atoms with Gasteiger partial charge in [-0.2, -0.15) is 0 Å². The van der Waals surface area contributed by atoms with E-state index in [1.165, 1.54) is 12.8 Å². The Morgan fingerprint density at radius 3 is 2.62 bits per heavy atom. The quantitative estimate of drug-likeness (QED) is 0.284. The van der Waals surface area contributed by atoms with E-state index >= 15 is 0 Å². The van der Waals surface area contributed by atoms with Crippen molar-refractivity contribution in [2.24, 2.45) is 10.9 Å². The fourth-order valence-corrected chi connectivity index (χ4v) is 3.47. The van der Waals surface area contributed by atoms with E-state index in [1.807, 2.05) is 6.07 Å². The maximum Gasteiger partial charge on any atom is 0.191 e. The molecule has 0 atom stereocenters. The summed E-state index contributed by atoms with van der Waals surface area (Å²) in [7, 11) is 1.77. The maximum atomic E-state index is 6.02. The molecule has 1 aliphatic heterocycles. The third-order valence-electron chi connectivity index (χ3n) is 5.44. The number of guanidine groups is 1. The van der Waals surface area contributed by atoms with Crippen LogP contribution >= 0.6 is 24.0 Å². The summed E-state index contributed by atoms with van der Waals surface area (Å²) >= 11 is 0. The van der Waals surface area contributed by atoms with Crippen LogP contribution in [0.15, 0.2) is 29.3 Å². The number of nitrogens with one attached hydrogen (secondary N) is 2. The lowest BCUT2D eigenvalue weighted by Gasteiger charge is -2.32. The molecule has 164 valence electrons. The van der Waals surface area contributed by atoms with Crippen LogP contribution in [0.3, 0.4) is 0 Å². The number of rotatable bonds is 10. The van der Waals surface area contributed by atoms with Crippen LogP contribution in [0.4, 0.5) is 0 Å². The summed E-state index contributed by atoms with van der Waals surface area (Å²) in [6.07, 6.45) is 4.88. The number of hydrogen-bond acceptors (Lipinski definition) is 4. The molecule has 1 saturated carbocycles. The molecule has 0 unspecified atom stereocenters. The number of methoxy groups -OCH3 is 1. The third-order valence-corrected chi connectivity index (χ3v) is 5.44. The van der Waals surface area contributed by atoms with E-state index in [-0.39, 0.29) is 24.0 Å². The Bertz CT molecular complexity index is 617. The average Bonchev–Trinajstić information content (AvgIpc) is 3.55. The zero-order valence-electron chi connectivity index (χ0n) is 17.9. The molecule has 0 amide bonds. The van der Waals surface area contributed by atoms with Crippen molar-refractivity contribution in [3.8, 4) is 5.75 Å². The Balaban J connectivity index is 0.00000300. The summed E-state index contributed by atoms with van der Waals surface area (Å²) in [5.74, 6) is 2.63. The fourth-order valence-electron chi connectivity index (χ4n) is 3.47. The highest BCUT2D eigenvalue weighted by Crippen LogP contribution is 2.30. The van der Waals surface area contributed by atoms with E-state index < -0.39 is 0 Å². The standard InChI is InChI=1S/C22H36N4O2.HI/c1-3-23-22(25-20-10-12-26(13-11-20)14-15-27-2)24-16-19-6-4-5-7-21(19)28-17-18-8-9-18;/h4-7,18,20H,3,8-17H2,1-2H3,(H2,23,24,25);1H. The maximum absolute atomic E-state index is 6.02. The van der Waals surface area contributed by atoms with Gasteiger partial charge in [0.1, 0.15) is 5.75 Å². The minimum atomic E-state index is 0. The Kier molecular flexibility index (Phi) is 11.1. The molecule has 1 aromatic carbocycles. The monoisotopic (exact) mass is 516 g/mol. The van der Waals surface area contributed by atoms with Crippen molar-refractivity contribution in [2.45, 2.75) is 45.2 Å². The lowest BCUT2D eigenvalue weighted by atomic mass is 10.1. The molecule has 1 heterocycles. The summed E-state index contributed by atoms with van der Waals surface area (Å²) in [6.45, 7) is 8.48. The number of halogens is 1. The Morgan fingerprint density at radius 2 is 1.93 bits per heavy atom. The number of nitrogens with zero attached hydrogens (tertiary/aromatic N) is 2. The van der Waals surface area contributed by atoms with E-state index in [2.05, 4.69) is 40.7 Å². The van der Waals surface area contributed by atoms with Crippen molar-refractivity contribution in [2.75, 3.05) is 46.5 Å². The van der Waals surface area contributed by atoms with Crippen LogP contribution < -0.4 is 15.4 Å². The second kappa shape index (κ2) is 13.3. The van der Waals surface area contributed by atoms with E-state index in [0.29, 0.717) is 12.6 Å². The van der Waals surface area contributed by atoms with Crippen LogP contribution in [0, 0.1) is 5.92 Å². The Morgan fingerprint density at radius 1 is 1.17 bits per heavy atom.